The van der Waals surface area contributed by atoms with Crippen molar-refractivity contribution in [1.82, 2.24) is 14.7 Å². The molecule has 142 valence electrons. The number of rotatable bonds is 6. The summed E-state index contributed by atoms with van der Waals surface area (Å²) in [5.74, 6) is 0.359. The number of pyridine rings is 1. The molecule has 2 heterocycles. The largest absolute Gasteiger partial charge is 0.439 e. The van der Waals surface area contributed by atoms with E-state index in [0.29, 0.717) is 22.7 Å². The van der Waals surface area contributed by atoms with E-state index in [1.165, 1.54) is 18.2 Å². The van der Waals surface area contributed by atoms with E-state index in [1.54, 1.807) is 42.6 Å². The maximum absolute atomic E-state index is 12.6. The quantitative estimate of drug-likeness (QED) is 0.517. The number of hydrogen-bond acceptors (Lipinski definition) is 6. The Morgan fingerprint density at radius 3 is 2.79 bits per heavy atom. The number of fused-ring (bicyclic) bond motifs is 1. The summed E-state index contributed by atoms with van der Waals surface area (Å²) in [5.41, 5.74) is 1.33. The van der Waals surface area contributed by atoms with Crippen LogP contribution in [0.4, 0.5) is 0 Å². The first-order chi connectivity index (χ1) is 13.5. The van der Waals surface area contributed by atoms with Crippen LogP contribution in [-0.4, -0.2) is 18.4 Å². The second kappa shape index (κ2) is 7.29. The van der Waals surface area contributed by atoms with Gasteiger partial charge in [-0.3, -0.25) is 4.98 Å². The average molecular weight is 397 g/mol. The van der Waals surface area contributed by atoms with Gasteiger partial charge >= 0.3 is 5.76 Å². The van der Waals surface area contributed by atoms with Crippen molar-refractivity contribution in [3.05, 3.63) is 83.0 Å². The predicted molar refractivity (Wildman–Crippen MR) is 102 cm³/mol. The lowest BCUT2D eigenvalue weighted by Crippen LogP contribution is -2.23. The van der Waals surface area contributed by atoms with E-state index in [2.05, 4.69) is 14.7 Å². The van der Waals surface area contributed by atoms with E-state index in [9.17, 15) is 13.2 Å². The predicted octanol–water partition coefficient (Wildman–Crippen LogP) is 2.79. The van der Waals surface area contributed by atoms with Crippen molar-refractivity contribution in [2.24, 2.45) is 0 Å². The second-order valence-electron chi connectivity index (χ2n) is 5.91. The molecule has 0 saturated carbocycles. The molecule has 0 amide bonds. The topological polar surface area (TPSA) is 114 Å². The number of aromatic nitrogens is 2. The van der Waals surface area contributed by atoms with Crippen LogP contribution in [0.25, 0.3) is 11.1 Å². The van der Waals surface area contributed by atoms with E-state index < -0.39 is 15.8 Å². The Morgan fingerprint density at radius 2 is 1.96 bits per heavy atom. The monoisotopic (exact) mass is 397 g/mol. The molecule has 0 spiro atoms. The van der Waals surface area contributed by atoms with E-state index in [-0.39, 0.29) is 11.4 Å². The highest BCUT2D eigenvalue weighted by molar-refractivity contribution is 7.89. The van der Waals surface area contributed by atoms with Crippen molar-refractivity contribution in [3.63, 3.8) is 0 Å². The molecule has 0 fully saturated rings. The van der Waals surface area contributed by atoms with Gasteiger partial charge < -0.3 is 9.15 Å². The van der Waals surface area contributed by atoms with Gasteiger partial charge in [0, 0.05) is 18.8 Å². The van der Waals surface area contributed by atoms with Gasteiger partial charge in [-0.25, -0.2) is 22.9 Å². The van der Waals surface area contributed by atoms with Gasteiger partial charge in [-0.1, -0.05) is 18.2 Å². The van der Waals surface area contributed by atoms with E-state index in [0.717, 1.165) is 5.56 Å². The van der Waals surface area contributed by atoms with Gasteiger partial charge in [0.25, 0.3) is 0 Å². The summed E-state index contributed by atoms with van der Waals surface area (Å²) >= 11 is 0. The van der Waals surface area contributed by atoms with Crippen LogP contribution in [0.5, 0.6) is 11.6 Å². The molecule has 0 aliphatic heterocycles. The standard InChI is InChI=1S/C19H15N3O5S/c23-19-22-16-11-15(7-8-17(16)27-19)28(24,25)21-12-13-4-3-5-14(10-13)26-18-6-1-2-9-20-18/h1-11,21H,12H2,(H,22,23). The molecular weight excluding hydrogens is 382 g/mol. The van der Waals surface area contributed by atoms with Crippen molar-refractivity contribution in [2.75, 3.05) is 0 Å². The van der Waals surface area contributed by atoms with Crippen LogP contribution in [-0.2, 0) is 16.6 Å². The zero-order chi connectivity index (χ0) is 19.6. The molecule has 0 radical (unpaired) electrons. The number of aromatic amines is 1. The van der Waals surface area contributed by atoms with Crippen molar-refractivity contribution in [3.8, 4) is 11.6 Å². The molecule has 2 aromatic heterocycles. The zero-order valence-electron chi connectivity index (χ0n) is 14.5. The summed E-state index contributed by atoms with van der Waals surface area (Å²) < 4.78 is 38.2. The molecule has 0 bridgehead atoms. The molecule has 0 atom stereocenters. The Morgan fingerprint density at radius 1 is 1.07 bits per heavy atom. The van der Waals surface area contributed by atoms with Crippen LogP contribution in [0, 0.1) is 0 Å². The minimum Gasteiger partial charge on any atom is -0.439 e. The maximum atomic E-state index is 12.6. The number of nitrogens with one attached hydrogen (secondary N) is 2. The van der Waals surface area contributed by atoms with Crippen LogP contribution in [0.15, 0.2) is 81.0 Å². The third-order valence-corrected chi connectivity index (χ3v) is 5.32. The first kappa shape index (κ1) is 18.0. The number of hydrogen-bond donors (Lipinski definition) is 2. The van der Waals surface area contributed by atoms with Gasteiger partial charge in [0.2, 0.25) is 15.9 Å². The highest BCUT2D eigenvalue weighted by Gasteiger charge is 2.15. The van der Waals surface area contributed by atoms with Crippen molar-refractivity contribution >= 4 is 21.1 Å². The Hall–Kier alpha value is -3.43. The third kappa shape index (κ3) is 3.95. The fourth-order valence-corrected chi connectivity index (χ4v) is 3.65. The van der Waals surface area contributed by atoms with Gasteiger partial charge in [0.05, 0.1) is 10.4 Å². The van der Waals surface area contributed by atoms with Gasteiger partial charge in [0.15, 0.2) is 5.58 Å². The normalized spacial score (nSPS) is 11.6. The lowest BCUT2D eigenvalue weighted by molar-refractivity contribution is 0.462. The van der Waals surface area contributed by atoms with E-state index in [1.807, 2.05) is 6.07 Å². The number of H-pyrrole nitrogens is 1. The van der Waals surface area contributed by atoms with Crippen molar-refractivity contribution in [1.29, 1.82) is 0 Å². The third-order valence-electron chi connectivity index (χ3n) is 3.93. The molecule has 0 aliphatic rings. The lowest BCUT2D eigenvalue weighted by Gasteiger charge is -2.09. The number of sulfonamides is 1. The molecule has 0 saturated heterocycles. The number of ether oxygens (including phenoxy) is 1. The summed E-state index contributed by atoms with van der Waals surface area (Å²) in [7, 11) is -3.78. The van der Waals surface area contributed by atoms with Crippen LogP contribution in [0.1, 0.15) is 5.56 Å². The summed E-state index contributed by atoms with van der Waals surface area (Å²) in [5, 5.41) is 0. The minimum absolute atomic E-state index is 0.0259. The SMILES string of the molecule is O=c1[nH]c2cc(S(=O)(=O)NCc3cccc(Oc4ccccn4)c3)ccc2o1. The van der Waals surface area contributed by atoms with Crippen LogP contribution in [0.3, 0.4) is 0 Å². The molecule has 0 unspecified atom stereocenters. The fourth-order valence-electron chi connectivity index (χ4n) is 2.61. The van der Waals surface area contributed by atoms with Crippen molar-refractivity contribution in [2.45, 2.75) is 11.4 Å². The Bertz CT molecular complexity index is 1280. The minimum atomic E-state index is -3.78. The highest BCUT2D eigenvalue weighted by Crippen LogP contribution is 2.21. The van der Waals surface area contributed by atoms with Crippen LogP contribution in [0.2, 0.25) is 0 Å². The summed E-state index contributed by atoms with van der Waals surface area (Å²) in [6, 6.07) is 16.5. The fraction of sp³-hybridized carbons (Fsp3) is 0.0526. The molecule has 4 aromatic rings. The molecule has 4 rings (SSSR count). The smallest absolute Gasteiger partial charge is 0.417 e. The van der Waals surface area contributed by atoms with Crippen molar-refractivity contribution < 1.29 is 17.6 Å². The molecule has 2 aromatic carbocycles. The molecule has 9 heteroatoms. The molecule has 28 heavy (non-hydrogen) atoms. The number of oxazole rings is 1. The van der Waals surface area contributed by atoms with E-state index in [4.69, 9.17) is 9.15 Å². The average Bonchev–Trinajstić information content (AvgIpc) is 3.07. The molecule has 8 nitrogen and oxygen atoms in total. The Kier molecular flexibility index (Phi) is 4.68. The van der Waals surface area contributed by atoms with Crippen LogP contribution < -0.4 is 15.2 Å². The van der Waals surface area contributed by atoms with Crippen LogP contribution >= 0.6 is 0 Å². The van der Waals surface area contributed by atoms with E-state index >= 15 is 0 Å². The Balaban J connectivity index is 1.49. The second-order valence-corrected chi connectivity index (χ2v) is 7.68. The van der Waals surface area contributed by atoms with Gasteiger partial charge in [0.1, 0.15) is 5.75 Å². The molecular formula is C19H15N3O5S. The highest BCUT2D eigenvalue weighted by atomic mass is 32.2. The van der Waals surface area contributed by atoms with Gasteiger partial charge in [-0.2, -0.15) is 0 Å². The first-order valence-corrected chi connectivity index (χ1v) is 9.78. The summed E-state index contributed by atoms with van der Waals surface area (Å²) in [4.78, 5) is 17.8. The van der Waals surface area contributed by atoms with Gasteiger partial charge in [-0.05, 0) is 42.0 Å². The summed E-state index contributed by atoms with van der Waals surface area (Å²) in [6.07, 6.45) is 1.62. The first-order valence-electron chi connectivity index (χ1n) is 8.30. The number of nitrogens with zero attached hydrogens (tertiary/aromatic N) is 1. The number of benzene rings is 2. The molecule has 2 N–H and O–H groups in total. The maximum Gasteiger partial charge on any atom is 0.417 e. The zero-order valence-corrected chi connectivity index (χ0v) is 15.3. The Labute approximate surface area is 159 Å². The molecule has 0 aliphatic carbocycles. The van der Waals surface area contributed by atoms with Gasteiger partial charge in [-0.15, -0.1) is 0 Å². The summed E-state index contributed by atoms with van der Waals surface area (Å²) in [6.45, 7) is 0.0711. The lowest BCUT2D eigenvalue weighted by atomic mass is 10.2.